The second-order valence-corrected chi connectivity index (χ2v) is 7.31. The van der Waals surface area contributed by atoms with Crippen molar-refractivity contribution >= 4 is 11.9 Å². The molecule has 1 aromatic carbocycles. The minimum Gasteiger partial charge on any atom is -0.492 e. The smallest absolute Gasteiger partial charge is 0.343 e. The average Bonchev–Trinajstić information content (AvgIpc) is 3.01. The van der Waals surface area contributed by atoms with Crippen LogP contribution in [-0.2, 0) is 33.7 Å². The van der Waals surface area contributed by atoms with Crippen LogP contribution in [-0.4, -0.2) is 61.9 Å². The van der Waals surface area contributed by atoms with Gasteiger partial charge in [0, 0.05) is 44.9 Å². The Kier molecular flexibility index (Phi) is 7.83. The zero-order valence-electron chi connectivity index (χ0n) is 18.0. The molecule has 0 bridgehead atoms. The number of benzene rings is 1. The monoisotopic (exact) mass is 428 g/mol. The predicted molar refractivity (Wildman–Crippen MR) is 114 cm³/mol. The Labute approximate surface area is 181 Å². The van der Waals surface area contributed by atoms with Gasteiger partial charge in [-0.05, 0) is 18.4 Å². The molecule has 0 N–H and O–H groups in total. The standard InChI is InChI=1S/C23H28N2O6/c1-29-16-21(27)24-11-10-18-22(23(28)30-2)19(15-20(26)25(18)13-12-24)31-14-6-9-17-7-4-3-5-8-17/h3-5,7-8,15H,6,9-14,16H2,1-2H3. The van der Waals surface area contributed by atoms with Crippen molar-refractivity contribution in [3.05, 3.63) is 63.6 Å². The first-order valence-electron chi connectivity index (χ1n) is 10.3. The van der Waals surface area contributed by atoms with Crippen LogP contribution in [0.5, 0.6) is 5.75 Å². The summed E-state index contributed by atoms with van der Waals surface area (Å²) in [5, 5.41) is 0. The van der Waals surface area contributed by atoms with Crippen LogP contribution in [0.15, 0.2) is 41.2 Å². The molecule has 0 spiro atoms. The number of methoxy groups -OCH3 is 2. The van der Waals surface area contributed by atoms with Gasteiger partial charge in [-0.2, -0.15) is 0 Å². The van der Waals surface area contributed by atoms with Crippen molar-refractivity contribution in [2.24, 2.45) is 0 Å². The predicted octanol–water partition coefficient (Wildman–Crippen LogP) is 1.68. The Balaban J connectivity index is 1.80. The van der Waals surface area contributed by atoms with Gasteiger partial charge in [-0.3, -0.25) is 9.59 Å². The van der Waals surface area contributed by atoms with Gasteiger partial charge >= 0.3 is 5.97 Å². The average molecular weight is 428 g/mol. The number of ether oxygens (including phenoxy) is 3. The van der Waals surface area contributed by atoms with Crippen molar-refractivity contribution in [1.29, 1.82) is 0 Å². The van der Waals surface area contributed by atoms with Gasteiger partial charge in [0.15, 0.2) is 0 Å². The maximum atomic E-state index is 12.8. The molecule has 0 atom stereocenters. The van der Waals surface area contributed by atoms with Gasteiger partial charge in [0.2, 0.25) is 5.91 Å². The van der Waals surface area contributed by atoms with E-state index < -0.39 is 5.97 Å². The van der Waals surface area contributed by atoms with E-state index in [0.717, 1.165) is 12.8 Å². The van der Waals surface area contributed by atoms with Crippen molar-refractivity contribution < 1.29 is 23.8 Å². The Morgan fingerprint density at radius 1 is 1.06 bits per heavy atom. The van der Waals surface area contributed by atoms with Crippen LogP contribution in [0.4, 0.5) is 0 Å². The van der Waals surface area contributed by atoms with Crippen LogP contribution in [0.3, 0.4) is 0 Å². The lowest BCUT2D eigenvalue weighted by Gasteiger charge is -2.19. The molecule has 0 aliphatic carbocycles. The van der Waals surface area contributed by atoms with Crippen LogP contribution in [0.2, 0.25) is 0 Å². The van der Waals surface area contributed by atoms with Crippen molar-refractivity contribution in [2.75, 3.05) is 40.5 Å². The van der Waals surface area contributed by atoms with Crippen LogP contribution in [0.25, 0.3) is 0 Å². The number of hydrogen-bond donors (Lipinski definition) is 0. The number of aryl methyl sites for hydroxylation is 1. The van der Waals surface area contributed by atoms with Gasteiger partial charge in [0.25, 0.3) is 5.56 Å². The van der Waals surface area contributed by atoms with Gasteiger partial charge < -0.3 is 23.7 Å². The maximum absolute atomic E-state index is 12.8. The van der Waals surface area contributed by atoms with Crippen LogP contribution in [0, 0.1) is 0 Å². The van der Waals surface area contributed by atoms with E-state index in [9.17, 15) is 14.4 Å². The fourth-order valence-electron chi connectivity index (χ4n) is 3.75. The maximum Gasteiger partial charge on any atom is 0.343 e. The molecule has 2 heterocycles. The second-order valence-electron chi connectivity index (χ2n) is 7.31. The molecule has 3 rings (SSSR count). The Bertz CT molecular complexity index is 970. The first-order valence-corrected chi connectivity index (χ1v) is 10.3. The number of aromatic nitrogens is 1. The number of nitrogens with zero attached hydrogens (tertiary/aromatic N) is 2. The third-order valence-electron chi connectivity index (χ3n) is 5.31. The van der Waals surface area contributed by atoms with E-state index in [4.69, 9.17) is 14.2 Å². The van der Waals surface area contributed by atoms with Crippen LogP contribution < -0.4 is 10.3 Å². The molecule has 1 aromatic heterocycles. The van der Waals surface area contributed by atoms with E-state index in [-0.39, 0.29) is 29.4 Å². The molecule has 1 amide bonds. The molecule has 166 valence electrons. The summed E-state index contributed by atoms with van der Waals surface area (Å²) in [6.45, 7) is 1.38. The number of hydrogen-bond acceptors (Lipinski definition) is 6. The molecule has 0 fully saturated rings. The summed E-state index contributed by atoms with van der Waals surface area (Å²) in [5.41, 5.74) is 1.72. The summed E-state index contributed by atoms with van der Waals surface area (Å²) >= 11 is 0. The summed E-state index contributed by atoms with van der Waals surface area (Å²) in [6, 6.07) is 11.4. The molecule has 2 aromatic rings. The summed E-state index contributed by atoms with van der Waals surface area (Å²) in [6.07, 6.45) is 1.91. The lowest BCUT2D eigenvalue weighted by atomic mass is 10.1. The van der Waals surface area contributed by atoms with Crippen LogP contribution in [0.1, 0.15) is 28.0 Å². The van der Waals surface area contributed by atoms with E-state index in [2.05, 4.69) is 0 Å². The summed E-state index contributed by atoms with van der Waals surface area (Å²) < 4.78 is 17.3. The highest BCUT2D eigenvalue weighted by molar-refractivity contribution is 5.93. The highest BCUT2D eigenvalue weighted by atomic mass is 16.5. The SMILES string of the molecule is COCC(=O)N1CCc2c(C(=O)OC)c(OCCCc3ccccc3)cc(=O)n2CC1. The molecule has 8 nitrogen and oxygen atoms in total. The molecular weight excluding hydrogens is 400 g/mol. The zero-order valence-corrected chi connectivity index (χ0v) is 18.0. The Morgan fingerprint density at radius 3 is 2.55 bits per heavy atom. The summed E-state index contributed by atoms with van der Waals surface area (Å²) in [7, 11) is 2.76. The normalized spacial score (nSPS) is 13.3. The van der Waals surface area contributed by atoms with Gasteiger partial charge in [-0.1, -0.05) is 30.3 Å². The molecule has 0 saturated carbocycles. The molecule has 0 unspecified atom stereocenters. The molecule has 1 aliphatic heterocycles. The van der Waals surface area contributed by atoms with Gasteiger partial charge in [0.1, 0.15) is 17.9 Å². The number of carbonyl (C=O) groups is 2. The highest BCUT2D eigenvalue weighted by Crippen LogP contribution is 2.24. The van der Waals surface area contributed by atoms with Crippen molar-refractivity contribution in [3.8, 4) is 5.75 Å². The van der Waals surface area contributed by atoms with Crippen LogP contribution >= 0.6 is 0 Å². The molecule has 0 saturated heterocycles. The molecule has 31 heavy (non-hydrogen) atoms. The molecule has 1 aliphatic rings. The van der Waals surface area contributed by atoms with E-state index in [0.29, 0.717) is 38.4 Å². The van der Waals surface area contributed by atoms with E-state index in [1.165, 1.54) is 30.4 Å². The van der Waals surface area contributed by atoms with E-state index in [1.807, 2.05) is 30.3 Å². The second kappa shape index (κ2) is 10.8. The fraction of sp³-hybridized carbons (Fsp3) is 0.435. The first kappa shape index (κ1) is 22.6. The summed E-state index contributed by atoms with van der Waals surface area (Å²) in [5.74, 6) is -0.480. The molecular formula is C23H28N2O6. The van der Waals surface area contributed by atoms with Gasteiger partial charge in [0.05, 0.1) is 13.7 Å². The Hall–Kier alpha value is -3.13. The zero-order chi connectivity index (χ0) is 22.2. The molecule has 8 heteroatoms. The lowest BCUT2D eigenvalue weighted by molar-refractivity contribution is -0.135. The lowest BCUT2D eigenvalue weighted by Crippen LogP contribution is -2.36. The number of amides is 1. The minimum absolute atomic E-state index is 0.0229. The van der Waals surface area contributed by atoms with Crippen molar-refractivity contribution in [2.45, 2.75) is 25.8 Å². The number of carbonyl (C=O) groups excluding carboxylic acids is 2. The van der Waals surface area contributed by atoms with E-state index >= 15 is 0 Å². The fourth-order valence-corrected chi connectivity index (χ4v) is 3.75. The number of fused-ring (bicyclic) bond motifs is 1. The first-order chi connectivity index (χ1) is 15.0. The minimum atomic E-state index is -0.557. The van der Waals surface area contributed by atoms with Crippen molar-refractivity contribution in [3.63, 3.8) is 0 Å². The number of esters is 1. The number of pyridine rings is 1. The Morgan fingerprint density at radius 2 is 1.84 bits per heavy atom. The quantitative estimate of drug-likeness (QED) is 0.470. The topological polar surface area (TPSA) is 87.1 Å². The third-order valence-corrected chi connectivity index (χ3v) is 5.31. The number of rotatable bonds is 8. The third kappa shape index (κ3) is 5.52. The van der Waals surface area contributed by atoms with Gasteiger partial charge in [-0.25, -0.2) is 4.79 Å². The molecule has 0 radical (unpaired) electrons. The van der Waals surface area contributed by atoms with E-state index in [1.54, 1.807) is 4.90 Å². The summed E-state index contributed by atoms with van der Waals surface area (Å²) in [4.78, 5) is 39.2. The van der Waals surface area contributed by atoms with Crippen molar-refractivity contribution in [1.82, 2.24) is 9.47 Å². The highest BCUT2D eigenvalue weighted by Gasteiger charge is 2.27. The largest absolute Gasteiger partial charge is 0.492 e. The van der Waals surface area contributed by atoms with Gasteiger partial charge in [-0.15, -0.1) is 0 Å².